The molecule has 6 heteroatoms. The number of hydrogen-bond acceptors (Lipinski definition) is 3. The van der Waals surface area contributed by atoms with Gasteiger partial charge in [-0.2, -0.15) is 0 Å². The fourth-order valence-corrected chi connectivity index (χ4v) is 3.11. The molecule has 5 nitrogen and oxygen atoms in total. The standard InChI is InChI=1S/C21H38N4O.HI/c1-6-13-21(26,14-7-2)17-24-20(22-8-3)23-15-18-9-11-19(12-10-18)16-25(4)5;/h9-12,26H,6-8,13-17H2,1-5H3,(H2,22,23,24);1H. The van der Waals surface area contributed by atoms with E-state index in [2.05, 4.69) is 79.7 Å². The Bertz CT molecular complexity index is 525. The van der Waals surface area contributed by atoms with Crippen LogP contribution in [-0.2, 0) is 13.1 Å². The van der Waals surface area contributed by atoms with Crippen molar-refractivity contribution in [3.8, 4) is 0 Å². The van der Waals surface area contributed by atoms with Crippen LogP contribution in [0.5, 0.6) is 0 Å². The molecule has 1 aromatic carbocycles. The summed E-state index contributed by atoms with van der Waals surface area (Å²) in [6, 6.07) is 8.59. The molecule has 0 aliphatic heterocycles. The van der Waals surface area contributed by atoms with Crippen molar-refractivity contribution in [2.75, 3.05) is 27.2 Å². The van der Waals surface area contributed by atoms with E-state index >= 15 is 0 Å². The number of benzene rings is 1. The maximum atomic E-state index is 10.8. The van der Waals surface area contributed by atoms with E-state index < -0.39 is 5.60 Å². The summed E-state index contributed by atoms with van der Waals surface area (Å²) in [5.41, 5.74) is 1.83. The van der Waals surface area contributed by atoms with Crippen LogP contribution < -0.4 is 10.6 Å². The van der Waals surface area contributed by atoms with Crippen LogP contribution in [0, 0.1) is 0 Å². The molecule has 0 aromatic heterocycles. The molecule has 0 amide bonds. The van der Waals surface area contributed by atoms with Gasteiger partial charge in [0.2, 0.25) is 0 Å². The zero-order valence-electron chi connectivity index (χ0n) is 17.7. The van der Waals surface area contributed by atoms with E-state index in [4.69, 9.17) is 0 Å². The van der Waals surface area contributed by atoms with Crippen LogP contribution >= 0.6 is 24.0 Å². The number of halogens is 1. The lowest BCUT2D eigenvalue weighted by molar-refractivity contribution is 0.0257. The molecule has 3 N–H and O–H groups in total. The predicted octanol–water partition coefficient (Wildman–Crippen LogP) is 3.75. The normalized spacial score (nSPS) is 12.0. The molecule has 0 bridgehead atoms. The van der Waals surface area contributed by atoms with E-state index in [9.17, 15) is 5.11 Å². The molecule has 0 heterocycles. The summed E-state index contributed by atoms with van der Waals surface area (Å²) >= 11 is 0. The molecule has 0 atom stereocenters. The minimum absolute atomic E-state index is 0. The summed E-state index contributed by atoms with van der Waals surface area (Å²) in [7, 11) is 4.15. The van der Waals surface area contributed by atoms with Gasteiger partial charge >= 0.3 is 0 Å². The van der Waals surface area contributed by atoms with Gasteiger partial charge < -0.3 is 20.6 Å². The lowest BCUT2D eigenvalue weighted by Crippen LogP contribution is -2.47. The van der Waals surface area contributed by atoms with Crippen molar-refractivity contribution in [2.45, 2.75) is 65.1 Å². The van der Waals surface area contributed by atoms with Crippen molar-refractivity contribution in [3.63, 3.8) is 0 Å². The maximum absolute atomic E-state index is 10.8. The Morgan fingerprint density at radius 2 is 1.56 bits per heavy atom. The quantitative estimate of drug-likeness (QED) is 0.251. The van der Waals surface area contributed by atoms with Crippen LogP contribution in [0.2, 0.25) is 0 Å². The largest absolute Gasteiger partial charge is 0.388 e. The van der Waals surface area contributed by atoms with Gasteiger partial charge in [0.05, 0.1) is 12.1 Å². The zero-order valence-corrected chi connectivity index (χ0v) is 20.0. The molecule has 1 aromatic rings. The third kappa shape index (κ3) is 10.9. The average Bonchev–Trinajstić information content (AvgIpc) is 2.59. The summed E-state index contributed by atoms with van der Waals surface area (Å²) < 4.78 is 0. The first kappa shape index (κ1) is 26.1. The Labute approximate surface area is 183 Å². The second-order valence-corrected chi connectivity index (χ2v) is 7.33. The molecular formula is C21H39IN4O. The fraction of sp³-hybridized carbons (Fsp3) is 0.667. The van der Waals surface area contributed by atoms with Gasteiger partial charge in [0.1, 0.15) is 0 Å². The third-order valence-corrected chi connectivity index (χ3v) is 4.30. The highest BCUT2D eigenvalue weighted by atomic mass is 127. The highest BCUT2D eigenvalue weighted by Crippen LogP contribution is 2.18. The molecule has 0 aliphatic rings. The van der Waals surface area contributed by atoms with Gasteiger partial charge in [0.25, 0.3) is 0 Å². The Morgan fingerprint density at radius 1 is 1.00 bits per heavy atom. The number of nitrogens with one attached hydrogen (secondary N) is 2. The predicted molar refractivity (Wildman–Crippen MR) is 127 cm³/mol. The van der Waals surface area contributed by atoms with Crippen molar-refractivity contribution < 1.29 is 5.11 Å². The smallest absolute Gasteiger partial charge is 0.191 e. The summed E-state index contributed by atoms with van der Waals surface area (Å²) in [6.45, 7) is 9.17. The minimum atomic E-state index is -0.659. The highest BCUT2D eigenvalue weighted by molar-refractivity contribution is 14.0. The first-order valence-corrected chi connectivity index (χ1v) is 9.89. The molecule has 1 rings (SSSR count). The molecule has 0 fully saturated rings. The number of aliphatic imine (C=N–C) groups is 1. The summed E-state index contributed by atoms with van der Waals surface area (Å²) in [5.74, 6) is 0.760. The summed E-state index contributed by atoms with van der Waals surface area (Å²) in [6.07, 6.45) is 3.57. The molecule has 0 spiro atoms. The van der Waals surface area contributed by atoms with Crippen molar-refractivity contribution in [2.24, 2.45) is 4.99 Å². The average molecular weight is 490 g/mol. The number of nitrogens with zero attached hydrogens (tertiary/aromatic N) is 2. The van der Waals surface area contributed by atoms with Gasteiger partial charge in [-0.15, -0.1) is 24.0 Å². The monoisotopic (exact) mass is 490 g/mol. The van der Waals surface area contributed by atoms with Crippen molar-refractivity contribution >= 4 is 29.9 Å². The van der Waals surface area contributed by atoms with Gasteiger partial charge in [-0.3, -0.25) is 0 Å². The molecule has 0 aliphatic carbocycles. The van der Waals surface area contributed by atoms with Crippen LogP contribution in [0.1, 0.15) is 57.6 Å². The van der Waals surface area contributed by atoms with Crippen molar-refractivity contribution in [3.05, 3.63) is 35.4 Å². The van der Waals surface area contributed by atoms with E-state index in [-0.39, 0.29) is 24.0 Å². The van der Waals surface area contributed by atoms with E-state index in [0.717, 1.165) is 44.7 Å². The van der Waals surface area contributed by atoms with Crippen LogP contribution in [0.15, 0.2) is 29.3 Å². The lowest BCUT2D eigenvalue weighted by atomic mass is 9.93. The highest BCUT2D eigenvalue weighted by Gasteiger charge is 2.24. The van der Waals surface area contributed by atoms with Crippen LogP contribution in [0.4, 0.5) is 0 Å². The Hall–Kier alpha value is -0.860. The van der Waals surface area contributed by atoms with Gasteiger partial charge in [0.15, 0.2) is 5.96 Å². The number of aliphatic hydroxyl groups is 1. The van der Waals surface area contributed by atoms with E-state index in [1.807, 2.05) is 0 Å². The maximum Gasteiger partial charge on any atom is 0.191 e. The van der Waals surface area contributed by atoms with Crippen LogP contribution in [0.3, 0.4) is 0 Å². The molecule has 0 saturated heterocycles. The van der Waals surface area contributed by atoms with Crippen LogP contribution in [0.25, 0.3) is 0 Å². The first-order valence-electron chi connectivity index (χ1n) is 9.89. The third-order valence-electron chi connectivity index (χ3n) is 4.30. The minimum Gasteiger partial charge on any atom is -0.388 e. The fourth-order valence-electron chi connectivity index (χ4n) is 3.11. The van der Waals surface area contributed by atoms with Gasteiger partial charge in [-0.25, -0.2) is 4.99 Å². The first-order chi connectivity index (χ1) is 12.4. The topological polar surface area (TPSA) is 59.9 Å². The van der Waals surface area contributed by atoms with Gasteiger partial charge in [-0.05, 0) is 45.0 Å². The number of guanidine groups is 1. The molecule has 0 saturated carbocycles. The molecule has 27 heavy (non-hydrogen) atoms. The van der Waals surface area contributed by atoms with Crippen molar-refractivity contribution in [1.82, 2.24) is 15.5 Å². The van der Waals surface area contributed by atoms with E-state index in [0.29, 0.717) is 13.1 Å². The Balaban J connectivity index is 0.00000676. The van der Waals surface area contributed by atoms with E-state index in [1.165, 1.54) is 11.1 Å². The molecule has 0 unspecified atom stereocenters. The van der Waals surface area contributed by atoms with E-state index in [1.54, 1.807) is 0 Å². The number of rotatable bonds is 11. The lowest BCUT2D eigenvalue weighted by Gasteiger charge is -2.28. The Morgan fingerprint density at radius 3 is 2.04 bits per heavy atom. The van der Waals surface area contributed by atoms with Crippen LogP contribution in [-0.4, -0.2) is 48.8 Å². The zero-order chi connectivity index (χ0) is 19.4. The second-order valence-electron chi connectivity index (χ2n) is 7.33. The molecule has 0 radical (unpaired) electrons. The Kier molecular flexibility index (Phi) is 13.7. The molecular weight excluding hydrogens is 451 g/mol. The van der Waals surface area contributed by atoms with Crippen molar-refractivity contribution in [1.29, 1.82) is 0 Å². The summed E-state index contributed by atoms with van der Waals surface area (Å²) in [5, 5.41) is 17.4. The second kappa shape index (κ2) is 14.2. The van der Waals surface area contributed by atoms with Gasteiger partial charge in [-0.1, -0.05) is 51.0 Å². The number of hydrogen-bond donors (Lipinski definition) is 3. The summed E-state index contributed by atoms with van der Waals surface area (Å²) in [4.78, 5) is 6.83. The SMILES string of the molecule is CCCC(O)(CCC)CNC(=NCc1ccc(CN(C)C)cc1)NCC.I. The van der Waals surface area contributed by atoms with Gasteiger partial charge in [0, 0.05) is 19.6 Å². The molecule has 156 valence electrons.